The Morgan fingerprint density at radius 1 is 1.71 bits per heavy atom. The molecule has 0 radical (unpaired) electrons. The molecular formula is C11H17N3. The maximum absolute atomic E-state index is 5.22. The smallest absolute Gasteiger partial charge is 0.0597 e. The largest absolute Gasteiger partial charge is 0.308 e. The molecule has 0 spiro atoms. The van der Waals surface area contributed by atoms with Crippen LogP contribution in [0.15, 0.2) is 6.07 Å². The summed E-state index contributed by atoms with van der Waals surface area (Å²) in [4.78, 5) is 0. The minimum absolute atomic E-state index is 0.357. The molecule has 1 unspecified atom stereocenters. The van der Waals surface area contributed by atoms with Crippen LogP contribution in [0.5, 0.6) is 0 Å². The van der Waals surface area contributed by atoms with Gasteiger partial charge >= 0.3 is 0 Å². The monoisotopic (exact) mass is 191 g/mol. The highest BCUT2D eigenvalue weighted by Gasteiger charge is 2.03. The SMILES string of the molecule is C#CCC(C)NCc1cc(C)nn1C. The predicted molar refractivity (Wildman–Crippen MR) is 57.7 cm³/mol. The van der Waals surface area contributed by atoms with E-state index in [1.807, 2.05) is 18.7 Å². The van der Waals surface area contributed by atoms with Gasteiger partial charge in [-0.05, 0) is 19.9 Å². The predicted octanol–water partition coefficient (Wildman–Crippen LogP) is 1.23. The maximum Gasteiger partial charge on any atom is 0.0597 e. The van der Waals surface area contributed by atoms with E-state index in [1.165, 1.54) is 5.69 Å². The Balaban J connectivity index is 2.46. The van der Waals surface area contributed by atoms with Crippen LogP contribution in [-0.2, 0) is 13.6 Å². The molecule has 1 atom stereocenters. The first-order chi connectivity index (χ1) is 6.63. The highest BCUT2D eigenvalue weighted by atomic mass is 15.3. The molecule has 1 heterocycles. The molecule has 1 rings (SSSR count). The van der Waals surface area contributed by atoms with Gasteiger partial charge in [0, 0.05) is 26.1 Å². The van der Waals surface area contributed by atoms with Gasteiger partial charge in [-0.25, -0.2) is 0 Å². The molecule has 0 aromatic carbocycles. The Bertz CT molecular complexity index is 333. The Morgan fingerprint density at radius 3 is 2.93 bits per heavy atom. The van der Waals surface area contributed by atoms with Crippen molar-refractivity contribution in [1.29, 1.82) is 0 Å². The van der Waals surface area contributed by atoms with Gasteiger partial charge in [-0.3, -0.25) is 4.68 Å². The normalized spacial score (nSPS) is 12.4. The van der Waals surface area contributed by atoms with Gasteiger partial charge < -0.3 is 5.32 Å². The lowest BCUT2D eigenvalue weighted by atomic mass is 10.2. The van der Waals surface area contributed by atoms with Crippen LogP contribution in [0.4, 0.5) is 0 Å². The molecule has 3 heteroatoms. The van der Waals surface area contributed by atoms with E-state index in [0.29, 0.717) is 6.04 Å². The summed E-state index contributed by atoms with van der Waals surface area (Å²) >= 11 is 0. The molecule has 3 nitrogen and oxygen atoms in total. The molecule has 14 heavy (non-hydrogen) atoms. The second-order valence-electron chi connectivity index (χ2n) is 3.59. The molecule has 0 amide bonds. The van der Waals surface area contributed by atoms with Gasteiger partial charge in [0.05, 0.1) is 11.4 Å². The van der Waals surface area contributed by atoms with Crippen molar-refractivity contribution < 1.29 is 0 Å². The highest BCUT2D eigenvalue weighted by molar-refractivity contribution is 5.08. The highest BCUT2D eigenvalue weighted by Crippen LogP contribution is 2.01. The van der Waals surface area contributed by atoms with Crippen LogP contribution in [-0.4, -0.2) is 15.8 Å². The van der Waals surface area contributed by atoms with E-state index in [9.17, 15) is 0 Å². The van der Waals surface area contributed by atoms with Gasteiger partial charge in [0.2, 0.25) is 0 Å². The van der Waals surface area contributed by atoms with Crippen LogP contribution in [0.25, 0.3) is 0 Å². The van der Waals surface area contributed by atoms with Crippen molar-refractivity contribution in [2.24, 2.45) is 7.05 Å². The third kappa shape index (κ3) is 2.90. The summed E-state index contributed by atoms with van der Waals surface area (Å²) in [6.45, 7) is 4.90. The molecule has 76 valence electrons. The first kappa shape index (κ1) is 10.8. The van der Waals surface area contributed by atoms with Crippen molar-refractivity contribution in [3.05, 3.63) is 17.5 Å². The molecule has 1 N–H and O–H groups in total. The topological polar surface area (TPSA) is 29.9 Å². The minimum Gasteiger partial charge on any atom is -0.308 e. The Kier molecular flexibility index (Phi) is 3.73. The summed E-state index contributed by atoms with van der Waals surface area (Å²) in [7, 11) is 1.95. The number of aryl methyl sites for hydroxylation is 2. The number of nitrogens with zero attached hydrogens (tertiary/aromatic N) is 2. The first-order valence-corrected chi connectivity index (χ1v) is 4.80. The van der Waals surface area contributed by atoms with Crippen LogP contribution in [0, 0.1) is 19.3 Å². The average Bonchev–Trinajstić information content (AvgIpc) is 2.42. The number of aromatic nitrogens is 2. The zero-order valence-electron chi connectivity index (χ0n) is 9.04. The van der Waals surface area contributed by atoms with Gasteiger partial charge in [-0.1, -0.05) is 0 Å². The van der Waals surface area contributed by atoms with Gasteiger partial charge in [0.1, 0.15) is 0 Å². The van der Waals surface area contributed by atoms with Gasteiger partial charge in [-0.15, -0.1) is 12.3 Å². The molecule has 0 aliphatic heterocycles. The molecule has 1 aromatic rings. The van der Waals surface area contributed by atoms with Gasteiger partial charge in [-0.2, -0.15) is 5.10 Å². The van der Waals surface area contributed by atoms with Crippen LogP contribution in [0.1, 0.15) is 24.7 Å². The fourth-order valence-electron chi connectivity index (χ4n) is 1.36. The molecule has 1 aromatic heterocycles. The minimum atomic E-state index is 0.357. The second-order valence-corrected chi connectivity index (χ2v) is 3.59. The van der Waals surface area contributed by atoms with Crippen molar-refractivity contribution in [1.82, 2.24) is 15.1 Å². The van der Waals surface area contributed by atoms with Crippen molar-refractivity contribution in [2.75, 3.05) is 0 Å². The maximum atomic E-state index is 5.22. The second kappa shape index (κ2) is 4.83. The van der Waals surface area contributed by atoms with E-state index >= 15 is 0 Å². The lowest BCUT2D eigenvalue weighted by Crippen LogP contribution is -2.25. The lowest BCUT2D eigenvalue weighted by molar-refractivity contribution is 0.537. The molecular weight excluding hydrogens is 174 g/mol. The number of hydrogen-bond donors (Lipinski definition) is 1. The fourth-order valence-corrected chi connectivity index (χ4v) is 1.36. The third-order valence-corrected chi connectivity index (χ3v) is 2.15. The zero-order chi connectivity index (χ0) is 10.6. The zero-order valence-corrected chi connectivity index (χ0v) is 9.04. The lowest BCUT2D eigenvalue weighted by Gasteiger charge is -2.10. The third-order valence-electron chi connectivity index (χ3n) is 2.15. The molecule has 0 bridgehead atoms. The standard InChI is InChI=1S/C11H17N3/c1-5-6-9(2)12-8-11-7-10(3)13-14(11)4/h1,7,9,12H,6,8H2,2-4H3. The number of nitrogens with one attached hydrogen (secondary N) is 1. The van der Waals surface area contributed by atoms with E-state index in [0.717, 1.165) is 18.7 Å². The van der Waals surface area contributed by atoms with Crippen LogP contribution < -0.4 is 5.32 Å². The quantitative estimate of drug-likeness (QED) is 0.725. The van der Waals surface area contributed by atoms with E-state index in [-0.39, 0.29) is 0 Å². The summed E-state index contributed by atoms with van der Waals surface area (Å²) in [5.41, 5.74) is 2.24. The summed E-state index contributed by atoms with van der Waals surface area (Å²) < 4.78 is 1.89. The number of rotatable bonds is 4. The summed E-state index contributed by atoms with van der Waals surface area (Å²) in [5, 5.41) is 7.62. The number of hydrogen-bond acceptors (Lipinski definition) is 2. The van der Waals surface area contributed by atoms with Gasteiger partial charge in [0.15, 0.2) is 0 Å². The van der Waals surface area contributed by atoms with Crippen molar-refractivity contribution in [3.8, 4) is 12.3 Å². The van der Waals surface area contributed by atoms with E-state index in [4.69, 9.17) is 6.42 Å². The molecule has 0 saturated carbocycles. The van der Waals surface area contributed by atoms with Crippen LogP contribution in [0.3, 0.4) is 0 Å². The van der Waals surface area contributed by atoms with Crippen molar-refractivity contribution in [3.63, 3.8) is 0 Å². The van der Waals surface area contributed by atoms with E-state index < -0.39 is 0 Å². The van der Waals surface area contributed by atoms with E-state index in [1.54, 1.807) is 0 Å². The summed E-state index contributed by atoms with van der Waals surface area (Å²) in [6, 6.07) is 2.44. The Hall–Kier alpha value is -1.27. The summed E-state index contributed by atoms with van der Waals surface area (Å²) in [6.07, 6.45) is 5.99. The molecule has 0 saturated heterocycles. The fraction of sp³-hybridized carbons (Fsp3) is 0.545. The van der Waals surface area contributed by atoms with E-state index in [2.05, 4.69) is 29.3 Å². The van der Waals surface area contributed by atoms with Crippen LogP contribution in [0.2, 0.25) is 0 Å². The molecule has 0 aliphatic carbocycles. The number of terminal acetylenes is 1. The molecule has 0 aliphatic rings. The first-order valence-electron chi connectivity index (χ1n) is 4.80. The van der Waals surface area contributed by atoms with Crippen molar-refractivity contribution >= 4 is 0 Å². The average molecular weight is 191 g/mol. The van der Waals surface area contributed by atoms with Crippen molar-refractivity contribution in [2.45, 2.75) is 32.9 Å². The van der Waals surface area contributed by atoms with Crippen LogP contribution >= 0.6 is 0 Å². The molecule has 0 fully saturated rings. The van der Waals surface area contributed by atoms with Gasteiger partial charge in [0.25, 0.3) is 0 Å². The Morgan fingerprint density at radius 2 is 2.43 bits per heavy atom. The summed E-state index contributed by atoms with van der Waals surface area (Å²) in [5.74, 6) is 2.64. The Labute approximate surface area is 85.5 Å².